The largest absolute Gasteiger partial charge is 0.493 e. The Hall–Kier alpha value is -7.53. The predicted molar refractivity (Wildman–Crippen MR) is 285 cm³/mol. The van der Waals surface area contributed by atoms with Crippen molar-refractivity contribution in [3.63, 3.8) is 0 Å². The van der Waals surface area contributed by atoms with E-state index in [0.717, 1.165) is 55.4 Å². The summed E-state index contributed by atoms with van der Waals surface area (Å²) < 4.78 is 73.4. The van der Waals surface area contributed by atoms with Gasteiger partial charge < -0.3 is 40.6 Å². The Labute approximate surface area is 428 Å². The second-order valence-electron chi connectivity index (χ2n) is 17.0. The van der Waals surface area contributed by atoms with Crippen LogP contribution >= 0.6 is 11.6 Å². The first-order valence-corrected chi connectivity index (χ1v) is 27.0. The molecular weight excluding hydrogens is 996 g/mol. The average molecular weight is 1050 g/mol. The number of nitrogens with zero attached hydrogens (tertiary/aromatic N) is 7. The van der Waals surface area contributed by atoms with Crippen LogP contribution in [-0.2, 0) is 33.0 Å². The highest BCUT2D eigenvalue weighted by Gasteiger charge is 2.27. The van der Waals surface area contributed by atoms with Gasteiger partial charge in [-0.1, -0.05) is 30.3 Å². The molecule has 4 aromatic heterocycles. The highest BCUT2D eigenvalue weighted by molar-refractivity contribution is 7.92. The molecule has 1 fully saturated rings. The van der Waals surface area contributed by atoms with Crippen molar-refractivity contribution in [3.05, 3.63) is 118 Å². The molecule has 1 saturated heterocycles. The molecule has 0 saturated carbocycles. The molecule has 6 heterocycles. The molecule has 0 unspecified atom stereocenters. The van der Waals surface area contributed by atoms with Gasteiger partial charge in [-0.15, -0.1) is 0 Å². The van der Waals surface area contributed by atoms with Crippen LogP contribution in [0.25, 0.3) is 44.3 Å². The van der Waals surface area contributed by atoms with E-state index in [1.807, 2.05) is 53.4 Å². The number of methoxy groups -OCH3 is 4. The van der Waals surface area contributed by atoms with Crippen LogP contribution in [0.5, 0.6) is 23.0 Å². The molecule has 382 valence electrons. The summed E-state index contributed by atoms with van der Waals surface area (Å²) in [6, 6.07) is 20.2. The highest BCUT2D eigenvalue weighted by Crippen LogP contribution is 2.46. The fourth-order valence-corrected chi connectivity index (χ4v) is 10.5. The van der Waals surface area contributed by atoms with Crippen molar-refractivity contribution in [2.75, 3.05) is 81.7 Å². The van der Waals surface area contributed by atoms with Crippen LogP contribution < -0.4 is 50.1 Å². The number of anilines is 4. The molecule has 0 bridgehead atoms. The molecule has 73 heavy (non-hydrogen) atoms. The van der Waals surface area contributed by atoms with Crippen LogP contribution in [0.3, 0.4) is 0 Å². The van der Waals surface area contributed by atoms with Gasteiger partial charge in [-0.05, 0) is 96.4 Å². The fraction of sp³-hybridized carbons (Fsp3) is 0.280. The number of hydrogen-bond donors (Lipinski definition) is 5. The molecular formula is C50H55ClN12O8S2. The monoisotopic (exact) mass is 1050 g/mol. The molecule has 0 atom stereocenters. The van der Waals surface area contributed by atoms with Gasteiger partial charge in [0.1, 0.15) is 11.6 Å². The van der Waals surface area contributed by atoms with Gasteiger partial charge in [0, 0.05) is 49.9 Å². The number of rotatable bonds is 11. The van der Waals surface area contributed by atoms with Crippen molar-refractivity contribution in [1.82, 2.24) is 39.9 Å². The zero-order valence-corrected chi connectivity index (χ0v) is 43.4. The lowest BCUT2D eigenvalue weighted by Gasteiger charge is -2.30. The number of ether oxygens (including phenoxy) is 4. The van der Waals surface area contributed by atoms with E-state index in [1.165, 1.54) is 17.4 Å². The minimum absolute atomic E-state index is 0.0733. The van der Waals surface area contributed by atoms with Crippen LogP contribution in [0.15, 0.2) is 102 Å². The van der Waals surface area contributed by atoms with Crippen molar-refractivity contribution in [3.8, 4) is 45.5 Å². The summed E-state index contributed by atoms with van der Waals surface area (Å²) in [5.74, 6) is 3.09. The molecule has 7 N–H and O–H groups in total. The molecule has 1 aliphatic carbocycles. The van der Waals surface area contributed by atoms with Crippen LogP contribution in [0, 0.1) is 0 Å². The third-order valence-electron chi connectivity index (χ3n) is 12.1. The second-order valence-corrected chi connectivity index (χ2v) is 20.8. The van der Waals surface area contributed by atoms with Gasteiger partial charge >= 0.3 is 0 Å². The van der Waals surface area contributed by atoms with Gasteiger partial charge in [-0.2, -0.15) is 4.98 Å². The zero-order chi connectivity index (χ0) is 52.0. The van der Waals surface area contributed by atoms with Gasteiger partial charge in [0.05, 0.1) is 91.0 Å². The number of pyridine rings is 2. The fourth-order valence-electron chi connectivity index (χ4n) is 9.08. The number of benzene rings is 3. The Balaban J connectivity index is 0.000000162. The molecule has 20 nitrogen and oxygen atoms in total. The van der Waals surface area contributed by atoms with E-state index in [0.29, 0.717) is 104 Å². The van der Waals surface area contributed by atoms with E-state index in [2.05, 4.69) is 45.8 Å². The summed E-state index contributed by atoms with van der Waals surface area (Å²) in [6.07, 6.45) is 11.2. The Bertz CT molecular complexity index is 3500. The molecule has 3 aromatic carbocycles. The standard InChI is InChI=1S/C25H26N6O4S.C15H13ClN4O2.C10H16N2O2S/c1-34-20-13-19-22(21(23(20)35-2)18-8-4-5-11-27-18)24(26)29-25(28-19)31-12-10-16-15(14-31)7-6-9-17(16)30-36(3,32)33;1-21-10-7-9-12(14(17)20-15(16)19-9)11(13(10)22-2)8-5-3-4-6-18-8;1-15(13,14)12-10-4-2-3-8-7-11-6-5-9(8)10/h4-9,11,13,30H,10,12,14H2,1-3H3,(H2,26,28,29);3-7H,1-2H3,(H2,17,19,20);3,11-12H,2,4-7H2,1H3. The Kier molecular flexibility index (Phi) is 15.7. The third kappa shape index (κ3) is 11.7. The van der Waals surface area contributed by atoms with Crippen molar-refractivity contribution in [2.24, 2.45) is 0 Å². The Morgan fingerprint density at radius 2 is 1.30 bits per heavy atom. The predicted octanol–water partition coefficient (Wildman–Crippen LogP) is 6.67. The first-order valence-electron chi connectivity index (χ1n) is 22.9. The second kappa shape index (κ2) is 22.1. The molecule has 23 heteroatoms. The smallest absolute Gasteiger partial charge is 0.229 e. The maximum atomic E-state index is 11.8. The minimum Gasteiger partial charge on any atom is -0.493 e. The number of nitrogens with two attached hydrogens (primary N) is 2. The van der Waals surface area contributed by atoms with Gasteiger partial charge in [-0.3, -0.25) is 19.4 Å². The Morgan fingerprint density at radius 3 is 1.86 bits per heavy atom. The quantitative estimate of drug-likeness (QED) is 0.0846. The van der Waals surface area contributed by atoms with E-state index in [-0.39, 0.29) is 11.1 Å². The number of hydrogen-bond acceptors (Lipinski definition) is 18. The number of allylic oxidation sites excluding steroid dienone is 2. The summed E-state index contributed by atoms with van der Waals surface area (Å²) in [4.78, 5) is 28.6. The van der Waals surface area contributed by atoms with Gasteiger partial charge in [0.2, 0.25) is 31.3 Å². The first kappa shape index (κ1) is 51.8. The summed E-state index contributed by atoms with van der Waals surface area (Å²) >= 11 is 5.90. The van der Waals surface area contributed by atoms with Crippen molar-refractivity contribution < 1.29 is 35.8 Å². The number of nitrogen functional groups attached to an aromatic ring is 2. The summed E-state index contributed by atoms with van der Waals surface area (Å²) in [5.41, 5.74) is 22.4. The topological polar surface area (TPSA) is 274 Å². The average Bonchev–Trinajstić information content (AvgIpc) is 3.37. The number of halogens is 1. The Morgan fingerprint density at radius 1 is 0.699 bits per heavy atom. The van der Waals surface area contributed by atoms with Gasteiger partial charge in [0.15, 0.2) is 23.0 Å². The third-order valence-corrected chi connectivity index (χ3v) is 13.5. The van der Waals surface area contributed by atoms with E-state index >= 15 is 0 Å². The molecule has 10 rings (SSSR count). The van der Waals surface area contributed by atoms with Crippen molar-refractivity contribution in [2.45, 2.75) is 32.2 Å². The highest BCUT2D eigenvalue weighted by atomic mass is 35.5. The number of piperidine rings is 1. The molecule has 3 aliphatic rings. The van der Waals surface area contributed by atoms with Gasteiger partial charge in [0.25, 0.3) is 0 Å². The van der Waals surface area contributed by atoms with Crippen LogP contribution in [-0.4, -0.2) is 107 Å². The maximum absolute atomic E-state index is 11.8. The van der Waals surface area contributed by atoms with Crippen LogP contribution in [0.1, 0.15) is 30.4 Å². The molecule has 0 radical (unpaired) electrons. The summed E-state index contributed by atoms with van der Waals surface area (Å²) in [5, 5.41) is 4.62. The lowest BCUT2D eigenvalue weighted by Crippen LogP contribution is -2.32. The number of aromatic nitrogens is 6. The SMILES string of the molecule is COc1cc2nc(Cl)nc(N)c2c(-c2ccccn2)c1OC.COc1cc2nc(N3CCc4c(cccc4NS(C)(=O)=O)C3)nc(N)c2c(-c2ccccn2)c1OC.CS(=O)(=O)NC1=C2CCNCC2=CCC1. The van der Waals surface area contributed by atoms with E-state index in [9.17, 15) is 16.8 Å². The van der Waals surface area contributed by atoms with Crippen LogP contribution in [0.4, 0.5) is 23.3 Å². The summed E-state index contributed by atoms with van der Waals surface area (Å²) in [7, 11) is -0.256. The molecule has 0 spiro atoms. The number of fused-ring (bicyclic) bond motifs is 4. The normalized spacial score (nSPS) is 14.3. The van der Waals surface area contributed by atoms with Crippen LogP contribution in [0.2, 0.25) is 5.28 Å². The number of nitrogens with one attached hydrogen (secondary N) is 3. The molecule has 2 aliphatic heterocycles. The lowest BCUT2D eigenvalue weighted by molar-refractivity contribution is 0.357. The minimum atomic E-state index is -3.38. The van der Waals surface area contributed by atoms with E-state index in [4.69, 9.17) is 47.0 Å². The number of sulfonamides is 2. The van der Waals surface area contributed by atoms with Gasteiger partial charge in [-0.25, -0.2) is 31.8 Å². The van der Waals surface area contributed by atoms with Crippen molar-refractivity contribution in [1.29, 1.82) is 0 Å². The van der Waals surface area contributed by atoms with Crippen molar-refractivity contribution >= 4 is 76.7 Å². The lowest BCUT2D eigenvalue weighted by atomic mass is 9.90. The first-order chi connectivity index (χ1) is 35.0. The molecule has 0 amide bonds. The molecule has 7 aromatic rings. The maximum Gasteiger partial charge on any atom is 0.229 e. The summed E-state index contributed by atoms with van der Waals surface area (Å²) in [6.45, 7) is 2.91. The van der Waals surface area contributed by atoms with E-state index < -0.39 is 20.0 Å². The zero-order valence-electron chi connectivity index (χ0n) is 41.0. The van der Waals surface area contributed by atoms with E-state index in [1.54, 1.807) is 59.0 Å².